The molecule has 2 nitrogen and oxygen atoms in total. The molecular weight excluding hydrogens is 251 g/mol. The lowest BCUT2D eigenvalue weighted by Crippen LogP contribution is -2.03. The molecule has 2 aromatic rings. The predicted octanol–water partition coefficient (Wildman–Crippen LogP) is 4.51. The van der Waals surface area contributed by atoms with Gasteiger partial charge in [0.15, 0.2) is 0 Å². The number of benzene rings is 1. The Hall–Kier alpha value is -1.64. The number of nitrogens with zero attached hydrogens (tertiary/aromatic N) is 2. The summed E-state index contributed by atoms with van der Waals surface area (Å²) in [6.07, 6.45) is 12.9. The Bertz CT molecular complexity index is 540. The monoisotopic (exact) mass is 272 g/mol. The number of imidazole rings is 1. The average molecular weight is 272 g/mol. The van der Waals surface area contributed by atoms with Gasteiger partial charge in [0.05, 0.1) is 12.9 Å². The van der Waals surface area contributed by atoms with Crippen molar-refractivity contribution in [2.75, 3.05) is 0 Å². The first kappa shape index (κ1) is 13.3. The van der Waals surface area contributed by atoms with Crippen molar-refractivity contribution >= 4 is 0 Å². The molecule has 0 unspecified atom stereocenters. The zero-order valence-electron chi connectivity index (χ0n) is 11.8. The topological polar surface area (TPSA) is 17.8 Å². The number of aromatic nitrogens is 2. The quantitative estimate of drug-likeness (QED) is 0.752. The van der Waals surface area contributed by atoms with Crippen LogP contribution in [-0.2, 0) is 6.54 Å². The van der Waals surface area contributed by atoms with Gasteiger partial charge in [0.1, 0.15) is 5.82 Å². The van der Waals surface area contributed by atoms with Crippen molar-refractivity contribution in [3.05, 3.63) is 53.9 Å². The van der Waals surface area contributed by atoms with Gasteiger partial charge >= 0.3 is 0 Å². The van der Waals surface area contributed by atoms with Crippen LogP contribution in [0.1, 0.15) is 55.6 Å². The van der Waals surface area contributed by atoms with Gasteiger partial charge in [0, 0.05) is 18.0 Å². The summed E-state index contributed by atoms with van der Waals surface area (Å²) < 4.78 is 16.2. The smallest absolute Gasteiger partial charge is 0.128 e. The number of rotatable bonds is 3. The van der Waals surface area contributed by atoms with Gasteiger partial charge in [0.2, 0.25) is 0 Å². The Morgan fingerprint density at radius 2 is 1.95 bits per heavy atom. The molecule has 0 bridgehead atoms. The van der Waals surface area contributed by atoms with Gasteiger partial charge in [0.25, 0.3) is 0 Å². The Balaban J connectivity index is 1.76. The summed E-state index contributed by atoms with van der Waals surface area (Å²) in [4.78, 5) is 3.99. The lowest BCUT2D eigenvalue weighted by atomic mass is 9.91. The molecule has 0 saturated heterocycles. The van der Waals surface area contributed by atoms with Gasteiger partial charge in [-0.05, 0) is 30.4 Å². The van der Waals surface area contributed by atoms with Crippen LogP contribution in [0.15, 0.2) is 36.9 Å². The van der Waals surface area contributed by atoms with Gasteiger partial charge in [-0.3, -0.25) is 0 Å². The lowest BCUT2D eigenvalue weighted by Gasteiger charge is -2.15. The van der Waals surface area contributed by atoms with Crippen LogP contribution in [-0.4, -0.2) is 9.55 Å². The molecule has 1 aromatic heterocycles. The molecule has 0 spiro atoms. The summed E-state index contributed by atoms with van der Waals surface area (Å²) in [5, 5.41) is 0. The second-order valence-electron chi connectivity index (χ2n) is 5.77. The third kappa shape index (κ3) is 3.09. The van der Waals surface area contributed by atoms with Crippen LogP contribution in [0.5, 0.6) is 0 Å². The standard InChI is InChI=1S/C17H21FN2/c18-17-11-15(14-5-3-1-2-4-6-14)7-8-16(17)12-20-10-9-19-13-20/h7-11,13-14H,1-6,12H2. The van der Waals surface area contributed by atoms with E-state index in [9.17, 15) is 4.39 Å². The Morgan fingerprint density at radius 1 is 1.15 bits per heavy atom. The molecule has 1 aliphatic carbocycles. The molecule has 0 aliphatic heterocycles. The van der Waals surface area contributed by atoms with Crippen molar-refractivity contribution in [3.8, 4) is 0 Å². The molecular formula is C17H21FN2. The van der Waals surface area contributed by atoms with Gasteiger partial charge in [-0.1, -0.05) is 37.8 Å². The van der Waals surface area contributed by atoms with E-state index in [0.29, 0.717) is 12.5 Å². The van der Waals surface area contributed by atoms with E-state index in [1.54, 1.807) is 18.6 Å². The van der Waals surface area contributed by atoms with Gasteiger partial charge in [-0.25, -0.2) is 9.37 Å². The molecule has 0 N–H and O–H groups in total. The van der Waals surface area contributed by atoms with E-state index in [2.05, 4.69) is 11.1 Å². The normalized spacial score (nSPS) is 17.1. The van der Waals surface area contributed by atoms with E-state index in [1.165, 1.54) is 44.1 Å². The average Bonchev–Trinajstić information content (AvgIpc) is 2.81. The van der Waals surface area contributed by atoms with E-state index in [0.717, 1.165) is 5.56 Å². The van der Waals surface area contributed by atoms with E-state index in [-0.39, 0.29) is 5.82 Å². The van der Waals surface area contributed by atoms with Crippen LogP contribution < -0.4 is 0 Å². The van der Waals surface area contributed by atoms with E-state index >= 15 is 0 Å². The first-order valence-electron chi connectivity index (χ1n) is 7.57. The minimum absolute atomic E-state index is 0.0829. The highest BCUT2D eigenvalue weighted by Gasteiger charge is 2.16. The number of hydrogen-bond acceptors (Lipinski definition) is 1. The third-order valence-electron chi connectivity index (χ3n) is 4.32. The Kier molecular flexibility index (Phi) is 4.14. The number of hydrogen-bond donors (Lipinski definition) is 0. The first-order valence-corrected chi connectivity index (χ1v) is 7.57. The van der Waals surface area contributed by atoms with Crippen LogP contribution >= 0.6 is 0 Å². The maximum atomic E-state index is 14.3. The van der Waals surface area contributed by atoms with Crippen molar-refractivity contribution in [3.63, 3.8) is 0 Å². The molecule has 0 radical (unpaired) electrons. The second-order valence-corrected chi connectivity index (χ2v) is 5.77. The second kappa shape index (κ2) is 6.21. The van der Waals surface area contributed by atoms with E-state index < -0.39 is 0 Å². The molecule has 1 fully saturated rings. The molecule has 1 saturated carbocycles. The van der Waals surface area contributed by atoms with Crippen molar-refractivity contribution in [2.24, 2.45) is 0 Å². The fourth-order valence-corrected chi connectivity index (χ4v) is 3.14. The van der Waals surface area contributed by atoms with Crippen molar-refractivity contribution in [2.45, 2.75) is 51.0 Å². The van der Waals surface area contributed by atoms with Gasteiger partial charge in [-0.2, -0.15) is 0 Å². The van der Waals surface area contributed by atoms with Gasteiger partial charge in [-0.15, -0.1) is 0 Å². The van der Waals surface area contributed by atoms with Crippen molar-refractivity contribution in [1.29, 1.82) is 0 Å². The van der Waals surface area contributed by atoms with Crippen LogP contribution in [0.2, 0.25) is 0 Å². The fourth-order valence-electron chi connectivity index (χ4n) is 3.14. The molecule has 3 heteroatoms. The summed E-state index contributed by atoms with van der Waals surface area (Å²) in [7, 11) is 0. The summed E-state index contributed by atoms with van der Waals surface area (Å²) in [5.74, 6) is 0.467. The van der Waals surface area contributed by atoms with Gasteiger partial charge < -0.3 is 4.57 Å². The molecule has 106 valence electrons. The molecule has 3 rings (SSSR count). The molecule has 1 aromatic carbocycles. The van der Waals surface area contributed by atoms with Crippen molar-refractivity contribution < 1.29 is 4.39 Å². The highest BCUT2D eigenvalue weighted by molar-refractivity contribution is 5.27. The molecule has 0 atom stereocenters. The Labute approximate surface area is 119 Å². The largest absolute Gasteiger partial charge is 0.333 e. The molecule has 20 heavy (non-hydrogen) atoms. The number of halogens is 1. The maximum Gasteiger partial charge on any atom is 0.128 e. The third-order valence-corrected chi connectivity index (χ3v) is 4.32. The van der Waals surface area contributed by atoms with E-state index in [1.807, 2.05) is 16.8 Å². The van der Waals surface area contributed by atoms with Crippen molar-refractivity contribution in [1.82, 2.24) is 9.55 Å². The Morgan fingerprint density at radius 3 is 2.60 bits per heavy atom. The SMILES string of the molecule is Fc1cc(C2CCCCCC2)ccc1Cn1ccnc1. The van der Waals surface area contributed by atoms with E-state index in [4.69, 9.17) is 0 Å². The van der Waals surface area contributed by atoms with Crippen LogP contribution in [0.3, 0.4) is 0 Å². The maximum absolute atomic E-state index is 14.3. The molecule has 1 aliphatic rings. The highest BCUT2D eigenvalue weighted by Crippen LogP contribution is 2.32. The zero-order valence-corrected chi connectivity index (χ0v) is 11.8. The summed E-state index contributed by atoms with van der Waals surface area (Å²) in [6.45, 7) is 0.552. The summed E-state index contributed by atoms with van der Waals surface area (Å²) >= 11 is 0. The molecule has 1 heterocycles. The molecule has 0 amide bonds. The van der Waals surface area contributed by atoms with Crippen LogP contribution in [0, 0.1) is 5.82 Å². The van der Waals surface area contributed by atoms with Crippen LogP contribution in [0.4, 0.5) is 4.39 Å². The predicted molar refractivity (Wildman–Crippen MR) is 78.2 cm³/mol. The minimum Gasteiger partial charge on any atom is -0.333 e. The zero-order chi connectivity index (χ0) is 13.8. The first-order chi connectivity index (χ1) is 9.83. The summed E-state index contributed by atoms with van der Waals surface area (Å²) in [5.41, 5.74) is 1.92. The highest BCUT2D eigenvalue weighted by atomic mass is 19.1. The summed E-state index contributed by atoms with van der Waals surface area (Å²) in [6, 6.07) is 5.81. The minimum atomic E-state index is -0.0829. The van der Waals surface area contributed by atoms with Crippen LogP contribution in [0.25, 0.3) is 0 Å². The lowest BCUT2D eigenvalue weighted by molar-refractivity contribution is 0.569. The fraction of sp³-hybridized carbons (Fsp3) is 0.471.